The number of nitrogens with zero attached hydrogens (tertiary/aromatic N) is 1. The first kappa shape index (κ1) is 13.7. The molecule has 18 heavy (non-hydrogen) atoms. The average molecular weight is 267 g/mol. The van der Waals surface area contributed by atoms with Crippen molar-refractivity contribution in [3.05, 3.63) is 21.9 Å². The minimum absolute atomic E-state index is 0.00630. The first-order valence-electron chi connectivity index (χ1n) is 6.36. The lowest BCUT2D eigenvalue weighted by atomic mass is 9.73. The van der Waals surface area contributed by atoms with Crippen LogP contribution in [0.4, 0.5) is 0 Å². The summed E-state index contributed by atoms with van der Waals surface area (Å²) < 4.78 is 0. The number of carbonyl (C=O) groups is 1. The number of Topliss-reactive ketones (excluding diaryl/α,β-unsaturated/α-hetero) is 1. The molecule has 0 spiro atoms. The highest BCUT2D eigenvalue weighted by molar-refractivity contribution is 7.10. The Hall–Kier alpha value is -0.710. The second kappa shape index (κ2) is 5.11. The highest BCUT2D eigenvalue weighted by Crippen LogP contribution is 2.43. The van der Waals surface area contributed by atoms with Crippen molar-refractivity contribution in [1.29, 1.82) is 0 Å². The Morgan fingerprint density at radius 2 is 2.28 bits per heavy atom. The van der Waals surface area contributed by atoms with Gasteiger partial charge < -0.3 is 10.0 Å². The van der Waals surface area contributed by atoms with Gasteiger partial charge in [-0.15, -0.1) is 11.3 Å². The molecule has 1 saturated carbocycles. The maximum atomic E-state index is 11.7. The maximum absolute atomic E-state index is 11.7. The number of hydrogen-bond acceptors (Lipinski definition) is 4. The van der Waals surface area contributed by atoms with E-state index in [1.807, 2.05) is 21.0 Å². The largest absolute Gasteiger partial charge is 0.384 e. The average Bonchev–Trinajstić information content (AvgIpc) is 2.70. The quantitative estimate of drug-likeness (QED) is 0.912. The third-order valence-corrected chi connectivity index (χ3v) is 4.89. The number of ketones is 1. The molecule has 1 aromatic rings. The summed E-state index contributed by atoms with van der Waals surface area (Å²) in [6.07, 6.45) is 1.55. The SMILES string of the molecule is Cc1csc(C2(O)CCC(=O)CC2CN(C)C)c1. The van der Waals surface area contributed by atoms with Crippen LogP contribution in [0, 0.1) is 12.8 Å². The molecule has 1 N–H and O–H groups in total. The lowest BCUT2D eigenvalue weighted by Gasteiger charge is -2.40. The number of thiophene rings is 1. The molecular weight excluding hydrogens is 246 g/mol. The fourth-order valence-electron chi connectivity index (χ4n) is 2.72. The van der Waals surface area contributed by atoms with Crippen LogP contribution in [0.25, 0.3) is 0 Å². The van der Waals surface area contributed by atoms with Crippen LogP contribution in [0.5, 0.6) is 0 Å². The molecule has 1 aliphatic carbocycles. The molecule has 1 aliphatic rings. The minimum atomic E-state index is -0.822. The van der Waals surface area contributed by atoms with E-state index in [-0.39, 0.29) is 11.7 Å². The molecule has 0 amide bonds. The molecule has 3 nitrogen and oxygen atoms in total. The van der Waals surface area contributed by atoms with Crippen LogP contribution in [0.1, 0.15) is 29.7 Å². The fourth-order valence-corrected chi connectivity index (χ4v) is 3.83. The predicted octanol–water partition coefficient (Wildman–Crippen LogP) is 2.17. The van der Waals surface area contributed by atoms with Gasteiger partial charge in [0, 0.05) is 30.2 Å². The van der Waals surface area contributed by atoms with Gasteiger partial charge in [0.1, 0.15) is 11.4 Å². The van der Waals surface area contributed by atoms with E-state index in [0.29, 0.717) is 19.3 Å². The van der Waals surface area contributed by atoms with Crippen LogP contribution in [-0.2, 0) is 10.4 Å². The van der Waals surface area contributed by atoms with Crippen molar-refractivity contribution >= 4 is 17.1 Å². The first-order valence-corrected chi connectivity index (χ1v) is 7.24. The topological polar surface area (TPSA) is 40.5 Å². The zero-order valence-corrected chi connectivity index (χ0v) is 12.1. The van der Waals surface area contributed by atoms with Gasteiger partial charge in [-0.05, 0) is 44.4 Å². The summed E-state index contributed by atoms with van der Waals surface area (Å²) in [6, 6.07) is 2.06. The molecule has 0 aliphatic heterocycles. The van der Waals surface area contributed by atoms with Crippen molar-refractivity contribution in [1.82, 2.24) is 4.90 Å². The molecule has 100 valence electrons. The summed E-state index contributed by atoms with van der Waals surface area (Å²) in [5, 5.41) is 13.1. The molecule has 0 bridgehead atoms. The summed E-state index contributed by atoms with van der Waals surface area (Å²) in [6.45, 7) is 2.79. The first-order chi connectivity index (χ1) is 8.41. The van der Waals surface area contributed by atoms with Crippen molar-refractivity contribution < 1.29 is 9.90 Å². The van der Waals surface area contributed by atoms with Crippen LogP contribution in [0.2, 0.25) is 0 Å². The summed E-state index contributed by atoms with van der Waals surface area (Å²) in [5.74, 6) is 0.284. The molecule has 4 heteroatoms. The molecule has 2 rings (SSSR count). The molecular formula is C14H21NO2S. The Bertz CT molecular complexity index is 441. The summed E-state index contributed by atoms with van der Waals surface area (Å²) in [5.41, 5.74) is 0.362. The van der Waals surface area contributed by atoms with E-state index in [1.165, 1.54) is 5.56 Å². The third kappa shape index (κ3) is 2.66. The van der Waals surface area contributed by atoms with Gasteiger partial charge in [-0.2, -0.15) is 0 Å². The Labute approximate surface area is 112 Å². The van der Waals surface area contributed by atoms with Crippen molar-refractivity contribution in [2.75, 3.05) is 20.6 Å². The normalized spacial score (nSPS) is 28.9. The molecule has 0 saturated heterocycles. The molecule has 0 radical (unpaired) electrons. The minimum Gasteiger partial charge on any atom is -0.384 e. The number of aryl methyl sites for hydroxylation is 1. The highest BCUT2D eigenvalue weighted by atomic mass is 32.1. The van der Waals surface area contributed by atoms with Gasteiger partial charge in [-0.25, -0.2) is 0 Å². The van der Waals surface area contributed by atoms with Gasteiger partial charge >= 0.3 is 0 Å². The highest BCUT2D eigenvalue weighted by Gasteiger charge is 2.43. The Morgan fingerprint density at radius 3 is 2.83 bits per heavy atom. The molecule has 1 fully saturated rings. The van der Waals surface area contributed by atoms with E-state index < -0.39 is 5.60 Å². The third-order valence-electron chi connectivity index (χ3n) is 3.68. The van der Waals surface area contributed by atoms with Crippen molar-refractivity contribution in [3.63, 3.8) is 0 Å². The van der Waals surface area contributed by atoms with Gasteiger partial charge in [-0.1, -0.05) is 0 Å². The zero-order valence-electron chi connectivity index (χ0n) is 11.3. The fraction of sp³-hybridized carbons (Fsp3) is 0.643. The second-order valence-electron chi connectivity index (χ2n) is 5.61. The lowest BCUT2D eigenvalue weighted by Crippen LogP contribution is -2.44. The van der Waals surface area contributed by atoms with E-state index >= 15 is 0 Å². The van der Waals surface area contributed by atoms with Crippen LogP contribution in [0.3, 0.4) is 0 Å². The monoisotopic (exact) mass is 267 g/mol. The number of rotatable bonds is 3. The van der Waals surface area contributed by atoms with E-state index in [4.69, 9.17) is 0 Å². The van der Waals surface area contributed by atoms with Crippen molar-refractivity contribution in [3.8, 4) is 0 Å². The molecule has 1 aromatic heterocycles. The van der Waals surface area contributed by atoms with Gasteiger partial charge in [-0.3, -0.25) is 4.79 Å². The number of aliphatic hydroxyl groups is 1. The summed E-state index contributed by atoms with van der Waals surface area (Å²) in [7, 11) is 3.97. The predicted molar refractivity (Wildman–Crippen MR) is 73.9 cm³/mol. The molecule has 0 aromatic carbocycles. The summed E-state index contributed by atoms with van der Waals surface area (Å²) in [4.78, 5) is 14.7. The van der Waals surface area contributed by atoms with Gasteiger partial charge in [0.15, 0.2) is 0 Å². The Morgan fingerprint density at radius 1 is 1.56 bits per heavy atom. The van der Waals surface area contributed by atoms with Crippen LogP contribution in [0.15, 0.2) is 11.4 Å². The summed E-state index contributed by atoms with van der Waals surface area (Å²) >= 11 is 1.61. The molecule has 1 heterocycles. The number of carbonyl (C=O) groups excluding carboxylic acids is 1. The van der Waals surface area contributed by atoms with E-state index in [9.17, 15) is 9.90 Å². The maximum Gasteiger partial charge on any atom is 0.133 e. The Balaban J connectivity index is 2.29. The van der Waals surface area contributed by atoms with Gasteiger partial charge in [0.05, 0.1) is 0 Å². The van der Waals surface area contributed by atoms with Crippen molar-refractivity contribution in [2.45, 2.75) is 31.8 Å². The van der Waals surface area contributed by atoms with E-state index in [0.717, 1.165) is 11.4 Å². The van der Waals surface area contributed by atoms with Gasteiger partial charge in [0.2, 0.25) is 0 Å². The standard InChI is InChI=1S/C14H21NO2S/c1-10-6-13(18-9-10)14(17)5-4-12(16)7-11(14)8-15(2)3/h6,9,11,17H,4-5,7-8H2,1-3H3. The smallest absolute Gasteiger partial charge is 0.133 e. The second-order valence-corrected chi connectivity index (χ2v) is 6.53. The van der Waals surface area contributed by atoms with Crippen LogP contribution in [-0.4, -0.2) is 36.4 Å². The van der Waals surface area contributed by atoms with Crippen LogP contribution < -0.4 is 0 Å². The number of hydrogen-bond donors (Lipinski definition) is 1. The van der Waals surface area contributed by atoms with Gasteiger partial charge in [0.25, 0.3) is 0 Å². The molecule has 2 unspecified atom stereocenters. The Kier molecular flexibility index (Phi) is 3.90. The zero-order chi connectivity index (χ0) is 13.3. The van der Waals surface area contributed by atoms with Crippen molar-refractivity contribution in [2.24, 2.45) is 5.92 Å². The lowest BCUT2D eigenvalue weighted by molar-refractivity contribution is -0.132. The van der Waals surface area contributed by atoms with Crippen LogP contribution >= 0.6 is 11.3 Å². The molecule has 2 atom stereocenters. The van der Waals surface area contributed by atoms with E-state index in [2.05, 4.69) is 16.3 Å². The van der Waals surface area contributed by atoms with E-state index in [1.54, 1.807) is 11.3 Å².